The van der Waals surface area contributed by atoms with E-state index in [0.29, 0.717) is 35.0 Å². The Morgan fingerprint density at radius 3 is 1.22 bits per heavy atom. The molecule has 0 bridgehead atoms. The molecule has 0 aromatic heterocycles. The van der Waals surface area contributed by atoms with E-state index in [4.69, 9.17) is 11.5 Å². The van der Waals surface area contributed by atoms with Crippen molar-refractivity contribution in [2.75, 3.05) is 11.5 Å². The van der Waals surface area contributed by atoms with Crippen molar-refractivity contribution < 1.29 is 25.9 Å². The van der Waals surface area contributed by atoms with E-state index < -0.39 is 20.2 Å². The maximum Gasteiger partial charge on any atom is 0.295 e. The number of hydrogen-bond donors (Lipinski definition) is 4. The Balaban J connectivity index is 1.33. The van der Waals surface area contributed by atoms with Crippen molar-refractivity contribution in [1.29, 1.82) is 0 Å². The van der Waals surface area contributed by atoms with E-state index in [-0.39, 0.29) is 43.3 Å². The topological polar surface area (TPSA) is 210 Å². The van der Waals surface area contributed by atoms with Gasteiger partial charge < -0.3 is 11.5 Å². The first kappa shape index (κ1) is 34.3. The Kier molecular flexibility index (Phi) is 9.20. The summed E-state index contributed by atoms with van der Waals surface area (Å²) in [6.07, 6.45) is 1.34. The van der Waals surface area contributed by atoms with Crippen molar-refractivity contribution in [2.24, 2.45) is 20.5 Å². The van der Waals surface area contributed by atoms with Gasteiger partial charge in [0.25, 0.3) is 20.2 Å². The monoisotopic (exact) mass is 708 g/mol. The number of aryl methyl sites for hydroxylation is 2. The minimum atomic E-state index is -4.55. The lowest BCUT2D eigenvalue weighted by atomic mass is 9.92. The Morgan fingerprint density at radius 2 is 0.880 bits per heavy atom. The summed E-state index contributed by atoms with van der Waals surface area (Å²) in [4.78, 5) is -0.612. The first-order valence-electron chi connectivity index (χ1n) is 15.5. The Bertz CT molecular complexity index is 2420. The lowest BCUT2D eigenvalue weighted by Gasteiger charge is -2.14. The Morgan fingerprint density at radius 1 is 0.520 bits per heavy atom. The summed E-state index contributed by atoms with van der Waals surface area (Å²) < 4.78 is 68.1. The van der Waals surface area contributed by atoms with Crippen molar-refractivity contribution in [1.82, 2.24) is 0 Å². The third kappa shape index (κ3) is 6.69. The molecule has 0 saturated carbocycles. The van der Waals surface area contributed by atoms with E-state index in [1.54, 1.807) is 60.7 Å². The van der Waals surface area contributed by atoms with Crippen molar-refractivity contribution in [3.63, 3.8) is 0 Å². The van der Waals surface area contributed by atoms with Crippen LogP contribution >= 0.6 is 0 Å². The molecule has 0 aliphatic carbocycles. The van der Waals surface area contributed by atoms with Crippen LogP contribution in [0.4, 0.5) is 34.1 Å². The van der Waals surface area contributed by atoms with E-state index in [1.165, 1.54) is 12.1 Å². The van der Waals surface area contributed by atoms with Crippen molar-refractivity contribution in [2.45, 2.75) is 36.5 Å². The van der Waals surface area contributed by atoms with Crippen LogP contribution in [0.3, 0.4) is 0 Å². The molecule has 0 aliphatic heterocycles. The minimum absolute atomic E-state index is 0.108. The zero-order chi connectivity index (χ0) is 35.8. The van der Waals surface area contributed by atoms with E-state index in [1.807, 2.05) is 38.1 Å². The van der Waals surface area contributed by atoms with Crippen molar-refractivity contribution >= 4 is 75.9 Å². The molecule has 0 amide bonds. The smallest absolute Gasteiger partial charge is 0.295 e. The lowest BCUT2D eigenvalue weighted by molar-refractivity contribution is 0.482. The molecule has 6 aromatic rings. The third-order valence-corrected chi connectivity index (χ3v) is 10.2. The number of nitrogens with two attached hydrogens (primary N) is 2. The highest BCUT2D eigenvalue weighted by molar-refractivity contribution is 7.86. The number of nitrogen functional groups attached to an aromatic ring is 2. The Labute approximate surface area is 288 Å². The van der Waals surface area contributed by atoms with E-state index in [0.717, 1.165) is 22.3 Å². The molecule has 14 heteroatoms. The summed E-state index contributed by atoms with van der Waals surface area (Å²) in [5, 5.41) is 18.6. The van der Waals surface area contributed by atoms with Crippen molar-refractivity contribution in [3.8, 4) is 11.1 Å². The first-order chi connectivity index (χ1) is 23.8. The number of azo groups is 2. The molecule has 0 unspecified atom stereocenters. The maximum absolute atomic E-state index is 12.1. The van der Waals surface area contributed by atoms with E-state index in [2.05, 4.69) is 20.5 Å². The van der Waals surface area contributed by atoms with Gasteiger partial charge in [-0.05, 0) is 71.5 Å². The number of benzene rings is 6. The quantitative estimate of drug-likeness (QED) is 0.0644. The summed E-state index contributed by atoms with van der Waals surface area (Å²) in [6, 6.07) is 26.8. The zero-order valence-electron chi connectivity index (χ0n) is 26.9. The highest BCUT2D eigenvalue weighted by atomic mass is 32.2. The van der Waals surface area contributed by atoms with Gasteiger partial charge >= 0.3 is 0 Å². The summed E-state index contributed by atoms with van der Waals surface area (Å²) in [6.45, 7) is 4.03. The number of hydrogen-bond acceptors (Lipinski definition) is 10. The number of anilines is 2. The van der Waals surface area contributed by atoms with Crippen molar-refractivity contribution in [3.05, 3.63) is 108 Å². The van der Waals surface area contributed by atoms with Gasteiger partial charge in [0.1, 0.15) is 21.2 Å². The predicted molar refractivity (Wildman–Crippen MR) is 195 cm³/mol. The normalized spacial score (nSPS) is 12.5. The first-order valence-corrected chi connectivity index (χ1v) is 18.3. The molecule has 0 radical (unpaired) electrons. The van der Waals surface area contributed by atoms with E-state index >= 15 is 0 Å². The second-order valence-electron chi connectivity index (χ2n) is 11.4. The molecule has 0 atom stereocenters. The average molecular weight is 709 g/mol. The maximum atomic E-state index is 12.1. The summed E-state index contributed by atoms with van der Waals surface area (Å²) in [5.41, 5.74) is 18.3. The zero-order valence-corrected chi connectivity index (χ0v) is 28.6. The van der Waals surface area contributed by atoms with Crippen LogP contribution in [0.5, 0.6) is 0 Å². The fraction of sp³-hybridized carbons (Fsp3) is 0.111. The van der Waals surface area contributed by atoms with Crippen LogP contribution in [-0.2, 0) is 33.1 Å². The molecule has 6 aromatic carbocycles. The van der Waals surface area contributed by atoms with Crippen LogP contribution in [0.1, 0.15) is 25.0 Å². The average Bonchev–Trinajstić information content (AvgIpc) is 3.10. The second-order valence-corrected chi connectivity index (χ2v) is 14.2. The van der Waals surface area contributed by atoms with Gasteiger partial charge in [-0.1, -0.05) is 74.5 Å². The second kappa shape index (κ2) is 13.4. The van der Waals surface area contributed by atoms with Crippen LogP contribution in [0.2, 0.25) is 0 Å². The standard InChI is InChI=1S/C36H32N6O6S2/c1-3-21-17-23(39-41-31-19-33(49(43,44)45)27-9-5-7-11-29(27)35(31)37)13-15-25(21)26-16-14-24(18-22(26)4-2)40-42-32-20-34(50(46,47)48)28-10-6-8-12-30(28)36(32)38/h5-20H,3-4,37-38H2,1-2H3,(H,43,44,45)(H,46,47,48)/b41-39+,42-40+. The molecule has 6 rings (SSSR count). The van der Waals surface area contributed by atoms with Crippen LogP contribution in [0.15, 0.2) is 127 Å². The number of fused-ring (bicyclic) bond motifs is 2. The van der Waals surface area contributed by atoms with Gasteiger partial charge in [0.15, 0.2) is 0 Å². The molecule has 0 saturated heterocycles. The van der Waals surface area contributed by atoms with Gasteiger partial charge in [-0.3, -0.25) is 9.11 Å². The fourth-order valence-electron chi connectivity index (χ4n) is 5.91. The number of rotatable bonds is 9. The van der Waals surface area contributed by atoms with E-state index in [9.17, 15) is 25.9 Å². The number of nitrogens with zero attached hydrogens (tertiary/aromatic N) is 4. The molecule has 254 valence electrons. The van der Waals surface area contributed by atoms with Gasteiger partial charge in [0, 0.05) is 21.5 Å². The summed E-state index contributed by atoms with van der Waals surface area (Å²) >= 11 is 0. The van der Waals surface area contributed by atoms with Crippen LogP contribution in [0.25, 0.3) is 32.7 Å². The van der Waals surface area contributed by atoms with Gasteiger partial charge in [-0.15, -0.1) is 10.2 Å². The summed E-state index contributed by atoms with van der Waals surface area (Å²) in [7, 11) is -9.10. The molecule has 0 heterocycles. The minimum Gasteiger partial charge on any atom is -0.396 e. The van der Waals surface area contributed by atoms with Gasteiger partial charge in [-0.2, -0.15) is 27.1 Å². The SMILES string of the molecule is CCc1cc(/N=N/c2cc(S(=O)(=O)O)c3ccccc3c2N)ccc1-c1ccc(/N=N/c2cc(S(=O)(=O)O)c3ccccc3c2N)cc1CC. The predicted octanol–water partition coefficient (Wildman–Crippen LogP) is 9.27. The lowest BCUT2D eigenvalue weighted by Crippen LogP contribution is -2.01. The van der Waals surface area contributed by atoms with Gasteiger partial charge in [0.2, 0.25) is 0 Å². The van der Waals surface area contributed by atoms with Crippen LogP contribution < -0.4 is 11.5 Å². The molecule has 0 aliphatic rings. The molecular formula is C36H32N6O6S2. The molecule has 50 heavy (non-hydrogen) atoms. The highest BCUT2D eigenvalue weighted by Gasteiger charge is 2.20. The molecule has 6 N–H and O–H groups in total. The third-order valence-electron chi connectivity index (χ3n) is 8.38. The summed E-state index contributed by atoms with van der Waals surface area (Å²) in [5.74, 6) is 0. The molecule has 0 fully saturated rings. The highest BCUT2D eigenvalue weighted by Crippen LogP contribution is 2.39. The molecule has 12 nitrogen and oxygen atoms in total. The largest absolute Gasteiger partial charge is 0.396 e. The van der Waals surface area contributed by atoms with Gasteiger partial charge in [0.05, 0.1) is 22.7 Å². The molecule has 0 spiro atoms. The van der Waals surface area contributed by atoms with Crippen LogP contribution in [-0.4, -0.2) is 25.9 Å². The molecular weight excluding hydrogens is 677 g/mol. The fourth-order valence-corrected chi connectivity index (χ4v) is 7.34. The van der Waals surface area contributed by atoms with Crippen LogP contribution in [0, 0.1) is 0 Å². The Hall–Kier alpha value is -5.54. The van der Waals surface area contributed by atoms with Gasteiger partial charge in [-0.25, -0.2) is 0 Å².